The number of nitrogens with one attached hydrogen (secondary N) is 1. The zero-order valence-corrected chi connectivity index (χ0v) is 14.8. The SMILES string of the molecule is CCC(F)(F)CCC(SCc1ccc(F)cc1)C(=O)NC1(C#N)CC1. The van der Waals surface area contributed by atoms with Crippen molar-refractivity contribution in [1.82, 2.24) is 5.32 Å². The van der Waals surface area contributed by atoms with Crippen molar-refractivity contribution in [2.45, 2.75) is 61.5 Å². The Hall–Kier alpha value is -1.68. The Morgan fingerprint density at radius 3 is 2.56 bits per heavy atom. The van der Waals surface area contributed by atoms with E-state index >= 15 is 0 Å². The molecule has 0 heterocycles. The molecule has 1 aromatic carbocycles. The summed E-state index contributed by atoms with van der Waals surface area (Å²) in [6.07, 6.45) is 0.565. The lowest BCUT2D eigenvalue weighted by atomic mass is 10.1. The second kappa shape index (κ2) is 8.13. The highest BCUT2D eigenvalue weighted by molar-refractivity contribution is 7.99. The third kappa shape index (κ3) is 5.96. The lowest BCUT2D eigenvalue weighted by molar-refractivity contribution is -0.121. The summed E-state index contributed by atoms with van der Waals surface area (Å²) >= 11 is 1.24. The number of amides is 1. The van der Waals surface area contributed by atoms with Gasteiger partial charge in [0.15, 0.2) is 0 Å². The first kappa shape index (κ1) is 19.6. The summed E-state index contributed by atoms with van der Waals surface area (Å²) in [5, 5.41) is 11.1. The first-order valence-electron chi connectivity index (χ1n) is 8.26. The summed E-state index contributed by atoms with van der Waals surface area (Å²) in [4.78, 5) is 12.5. The fourth-order valence-corrected chi connectivity index (χ4v) is 3.37. The zero-order valence-electron chi connectivity index (χ0n) is 14.0. The molecule has 0 bridgehead atoms. The average molecular weight is 370 g/mol. The molecule has 1 aliphatic rings. The minimum Gasteiger partial charge on any atom is -0.337 e. The number of hydrogen-bond donors (Lipinski definition) is 1. The van der Waals surface area contributed by atoms with Crippen molar-refractivity contribution in [3.05, 3.63) is 35.6 Å². The van der Waals surface area contributed by atoms with Gasteiger partial charge in [-0.05, 0) is 37.0 Å². The van der Waals surface area contributed by atoms with Gasteiger partial charge < -0.3 is 5.32 Å². The van der Waals surface area contributed by atoms with Crippen LogP contribution in [0.4, 0.5) is 13.2 Å². The molecule has 7 heteroatoms. The second-order valence-electron chi connectivity index (χ2n) is 6.36. The second-order valence-corrected chi connectivity index (χ2v) is 7.55. The molecular formula is C18H21F3N2OS. The van der Waals surface area contributed by atoms with Crippen molar-refractivity contribution in [3.8, 4) is 6.07 Å². The molecule has 3 nitrogen and oxygen atoms in total. The van der Waals surface area contributed by atoms with Crippen LogP contribution in [0.15, 0.2) is 24.3 Å². The molecule has 2 rings (SSSR count). The van der Waals surface area contributed by atoms with E-state index in [2.05, 4.69) is 11.4 Å². The lowest BCUT2D eigenvalue weighted by Crippen LogP contribution is -2.41. The summed E-state index contributed by atoms with van der Waals surface area (Å²) in [6, 6.07) is 7.93. The summed E-state index contributed by atoms with van der Waals surface area (Å²) in [6.45, 7) is 1.41. The van der Waals surface area contributed by atoms with Crippen LogP contribution in [-0.4, -0.2) is 22.6 Å². The van der Waals surface area contributed by atoms with Gasteiger partial charge in [0, 0.05) is 18.6 Å². The van der Waals surface area contributed by atoms with Crippen LogP contribution in [0.3, 0.4) is 0 Å². The molecule has 1 saturated carbocycles. The van der Waals surface area contributed by atoms with Gasteiger partial charge in [-0.1, -0.05) is 19.1 Å². The molecule has 1 fully saturated rings. The van der Waals surface area contributed by atoms with Gasteiger partial charge >= 0.3 is 0 Å². The minimum atomic E-state index is -2.80. The van der Waals surface area contributed by atoms with E-state index in [9.17, 15) is 18.0 Å². The van der Waals surface area contributed by atoms with Gasteiger partial charge in [0.1, 0.15) is 11.4 Å². The molecule has 0 saturated heterocycles. The van der Waals surface area contributed by atoms with Crippen LogP contribution in [0.5, 0.6) is 0 Å². The summed E-state index contributed by atoms with van der Waals surface area (Å²) < 4.78 is 40.1. The van der Waals surface area contributed by atoms with Gasteiger partial charge in [-0.15, -0.1) is 11.8 Å². The summed E-state index contributed by atoms with van der Waals surface area (Å²) in [5.41, 5.74) is -0.00755. The monoisotopic (exact) mass is 370 g/mol. The van der Waals surface area contributed by atoms with Gasteiger partial charge in [0.25, 0.3) is 0 Å². The van der Waals surface area contributed by atoms with Crippen molar-refractivity contribution in [2.24, 2.45) is 0 Å². The summed E-state index contributed by atoms with van der Waals surface area (Å²) in [5.74, 6) is -3.12. The Morgan fingerprint density at radius 1 is 1.40 bits per heavy atom. The number of carbonyl (C=O) groups excluding carboxylic acids is 1. The molecule has 1 unspecified atom stereocenters. The third-order valence-electron chi connectivity index (χ3n) is 4.27. The Labute approximate surface area is 150 Å². The van der Waals surface area contributed by atoms with Gasteiger partial charge in [-0.3, -0.25) is 4.79 Å². The topological polar surface area (TPSA) is 52.9 Å². The average Bonchev–Trinajstić information content (AvgIpc) is 3.36. The predicted molar refractivity (Wildman–Crippen MR) is 91.7 cm³/mol. The summed E-state index contributed by atoms with van der Waals surface area (Å²) in [7, 11) is 0. The van der Waals surface area contributed by atoms with E-state index in [1.807, 2.05) is 0 Å². The van der Waals surface area contributed by atoms with Crippen LogP contribution in [0.1, 0.15) is 44.6 Å². The minimum absolute atomic E-state index is 0.0278. The molecule has 1 atom stereocenters. The highest BCUT2D eigenvalue weighted by Gasteiger charge is 2.45. The highest BCUT2D eigenvalue weighted by Crippen LogP contribution is 2.36. The first-order valence-corrected chi connectivity index (χ1v) is 9.31. The molecule has 1 amide bonds. The number of benzene rings is 1. The maximum absolute atomic E-state index is 13.6. The molecule has 136 valence electrons. The van der Waals surface area contributed by atoms with Crippen molar-refractivity contribution in [1.29, 1.82) is 5.26 Å². The van der Waals surface area contributed by atoms with Crippen molar-refractivity contribution < 1.29 is 18.0 Å². The standard InChI is InChI=1S/C18H21F3N2OS/c1-2-18(20,21)8-7-15(16(24)23-17(12-22)9-10-17)25-11-13-3-5-14(19)6-4-13/h3-6,15H,2,7-11H2,1H3,(H,23,24). The molecule has 1 N–H and O–H groups in total. The molecule has 0 aromatic heterocycles. The molecule has 25 heavy (non-hydrogen) atoms. The Morgan fingerprint density at radius 2 is 2.04 bits per heavy atom. The molecule has 0 aliphatic heterocycles. The largest absolute Gasteiger partial charge is 0.337 e. The van der Waals surface area contributed by atoms with E-state index < -0.39 is 16.7 Å². The van der Waals surface area contributed by atoms with E-state index in [0.717, 1.165) is 5.56 Å². The van der Waals surface area contributed by atoms with E-state index in [1.54, 1.807) is 12.1 Å². The Bertz CT molecular complexity index is 639. The maximum Gasteiger partial charge on any atom is 0.247 e. The Balaban J connectivity index is 1.99. The van der Waals surface area contributed by atoms with Crippen LogP contribution >= 0.6 is 11.8 Å². The molecule has 1 aromatic rings. The number of halogens is 3. The number of alkyl halides is 2. The number of rotatable bonds is 9. The molecular weight excluding hydrogens is 349 g/mol. The van der Waals surface area contributed by atoms with Crippen molar-refractivity contribution >= 4 is 17.7 Å². The van der Waals surface area contributed by atoms with Gasteiger partial charge in [-0.25, -0.2) is 13.2 Å². The van der Waals surface area contributed by atoms with Crippen molar-refractivity contribution in [3.63, 3.8) is 0 Å². The third-order valence-corrected chi connectivity index (χ3v) is 5.63. The highest BCUT2D eigenvalue weighted by atomic mass is 32.2. The number of thioether (sulfide) groups is 1. The van der Waals surface area contributed by atoms with E-state index in [-0.39, 0.29) is 31.0 Å². The van der Waals surface area contributed by atoms with E-state index in [0.29, 0.717) is 18.6 Å². The van der Waals surface area contributed by atoms with Crippen LogP contribution in [0.2, 0.25) is 0 Å². The number of hydrogen-bond acceptors (Lipinski definition) is 3. The first-order chi connectivity index (χ1) is 11.8. The fourth-order valence-electron chi connectivity index (χ4n) is 2.29. The van der Waals surface area contributed by atoms with Crippen LogP contribution in [0, 0.1) is 17.1 Å². The van der Waals surface area contributed by atoms with Crippen LogP contribution in [-0.2, 0) is 10.5 Å². The van der Waals surface area contributed by atoms with Gasteiger partial charge in [0.05, 0.1) is 11.3 Å². The Kier molecular flexibility index (Phi) is 6.39. The molecule has 0 radical (unpaired) electrons. The smallest absolute Gasteiger partial charge is 0.247 e. The maximum atomic E-state index is 13.6. The van der Waals surface area contributed by atoms with Crippen LogP contribution < -0.4 is 5.32 Å². The van der Waals surface area contributed by atoms with Crippen molar-refractivity contribution in [2.75, 3.05) is 0 Å². The lowest BCUT2D eigenvalue weighted by Gasteiger charge is -2.21. The number of nitriles is 1. The van der Waals surface area contributed by atoms with Gasteiger partial charge in [0.2, 0.25) is 11.8 Å². The van der Waals surface area contributed by atoms with E-state index in [4.69, 9.17) is 5.26 Å². The quantitative estimate of drug-likeness (QED) is 0.700. The van der Waals surface area contributed by atoms with Crippen LogP contribution in [0.25, 0.3) is 0 Å². The van der Waals surface area contributed by atoms with Gasteiger partial charge in [-0.2, -0.15) is 5.26 Å². The van der Waals surface area contributed by atoms with E-state index in [1.165, 1.54) is 30.8 Å². The molecule has 0 spiro atoms. The molecule has 1 aliphatic carbocycles. The number of carbonyl (C=O) groups is 1. The predicted octanol–water partition coefficient (Wildman–Crippen LogP) is 4.43. The zero-order chi connectivity index (χ0) is 18.5. The number of nitrogens with zero attached hydrogens (tertiary/aromatic N) is 1. The normalized spacial score (nSPS) is 16.8. The fraction of sp³-hybridized carbons (Fsp3) is 0.556.